The molecule has 0 aromatic rings. The summed E-state index contributed by atoms with van der Waals surface area (Å²) in [5.41, 5.74) is -0.0100. The standard InChI is InChI=1S/C11H23NO2S/c1-11(2,6-7-13)9-12-10(14)5-4-8-15-3/h13H,4-9H2,1-3H3,(H,12,14). The van der Waals surface area contributed by atoms with Crippen molar-refractivity contribution in [2.75, 3.05) is 25.2 Å². The van der Waals surface area contributed by atoms with Crippen LogP contribution in [0.1, 0.15) is 33.1 Å². The molecule has 0 unspecified atom stereocenters. The number of nitrogens with one attached hydrogen (secondary N) is 1. The molecule has 0 spiro atoms. The Hall–Kier alpha value is -0.220. The van der Waals surface area contributed by atoms with E-state index in [1.165, 1.54) is 0 Å². The van der Waals surface area contributed by atoms with Crippen LogP contribution in [-0.2, 0) is 4.79 Å². The van der Waals surface area contributed by atoms with Gasteiger partial charge in [0.15, 0.2) is 0 Å². The quantitative estimate of drug-likeness (QED) is 0.627. The van der Waals surface area contributed by atoms with Gasteiger partial charge in [0, 0.05) is 19.6 Å². The maximum atomic E-state index is 11.4. The topological polar surface area (TPSA) is 49.3 Å². The van der Waals surface area contributed by atoms with Gasteiger partial charge in [0.05, 0.1) is 0 Å². The second-order valence-corrected chi connectivity index (χ2v) is 5.50. The maximum Gasteiger partial charge on any atom is 0.220 e. The zero-order valence-electron chi connectivity index (χ0n) is 10.0. The van der Waals surface area contributed by atoms with Gasteiger partial charge in [-0.2, -0.15) is 11.8 Å². The summed E-state index contributed by atoms with van der Waals surface area (Å²) in [7, 11) is 0. The fraction of sp³-hybridized carbons (Fsp3) is 0.909. The lowest BCUT2D eigenvalue weighted by Crippen LogP contribution is -2.34. The number of carbonyl (C=O) groups is 1. The molecule has 0 radical (unpaired) electrons. The van der Waals surface area contributed by atoms with Crippen LogP contribution in [0.5, 0.6) is 0 Å². The molecule has 0 aromatic heterocycles. The van der Waals surface area contributed by atoms with Crippen LogP contribution in [0, 0.1) is 5.41 Å². The highest BCUT2D eigenvalue weighted by Crippen LogP contribution is 2.17. The highest BCUT2D eigenvalue weighted by Gasteiger charge is 2.17. The molecule has 0 saturated carbocycles. The van der Waals surface area contributed by atoms with E-state index >= 15 is 0 Å². The molecule has 0 aliphatic heterocycles. The number of thioether (sulfide) groups is 1. The number of hydrogen-bond acceptors (Lipinski definition) is 3. The zero-order valence-corrected chi connectivity index (χ0v) is 10.8. The molecule has 1 amide bonds. The van der Waals surface area contributed by atoms with E-state index in [4.69, 9.17) is 5.11 Å². The van der Waals surface area contributed by atoms with E-state index in [0.29, 0.717) is 13.0 Å². The highest BCUT2D eigenvalue weighted by atomic mass is 32.2. The van der Waals surface area contributed by atoms with Gasteiger partial charge < -0.3 is 10.4 Å². The van der Waals surface area contributed by atoms with Gasteiger partial charge in [-0.1, -0.05) is 13.8 Å². The molecular formula is C11H23NO2S. The summed E-state index contributed by atoms with van der Waals surface area (Å²) in [4.78, 5) is 11.4. The van der Waals surface area contributed by atoms with E-state index in [9.17, 15) is 4.79 Å². The Kier molecular flexibility index (Phi) is 7.88. The van der Waals surface area contributed by atoms with E-state index in [1.54, 1.807) is 11.8 Å². The Morgan fingerprint density at radius 3 is 2.67 bits per heavy atom. The van der Waals surface area contributed by atoms with Crippen LogP contribution in [0.3, 0.4) is 0 Å². The van der Waals surface area contributed by atoms with Crippen LogP contribution < -0.4 is 5.32 Å². The van der Waals surface area contributed by atoms with Gasteiger partial charge in [0.1, 0.15) is 0 Å². The summed E-state index contributed by atoms with van der Waals surface area (Å²) < 4.78 is 0. The van der Waals surface area contributed by atoms with Gasteiger partial charge in [-0.25, -0.2) is 0 Å². The predicted molar refractivity (Wildman–Crippen MR) is 66.1 cm³/mol. The average Bonchev–Trinajstić information content (AvgIpc) is 2.15. The molecule has 0 aliphatic carbocycles. The van der Waals surface area contributed by atoms with E-state index in [1.807, 2.05) is 20.1 Å². The molecule has 0 aliphatic rings. The van der Waals surface area contributed by atoms with Crippen LogP contribution in [0.2, 0.25) is 0 Å². The number of aliphatic hydroxyl groups excluding tert-OH is 1. The minimum absolute atomic E-state index is 0.0100. The Balaban J connectivity index is 3.60. The minimum Gasteiger partial charge on any atom is -0.396 e. The Morgan fingerprint density at radius 2 is 2.13 bits per heavy atom. The van der Waals surface area contributed by atoms with Gasteiger partial charge in [-0.05, 0) is 30.3 Å². The van der Waals surface area contributed by atoms with Crippen molar-refractivity contribution >= 4 is 17.7 Å². The Bertz CT molecular complexity index is 183. The van der Waals surface area contributed by atoms with E-state index in [-0.39, 0.29) is 17.9 Å². The molecule has 0 saturated heterocycles. The van der Waals surface area contributed by atoms with Crippen molar-refractivity contribution in [3.8, 4) is 0 Å². The number of aliphatic hydroxyl groups is 1. The van der Waals surface area contributed by atoms with Crippen molar-refractivity contribution in [2.24, 2.45) is 5.41 Å². The minimum atomic E-state index is -0.0100. The lowest BCUT2D eigenvalue weighted by molar-refractivity contribution is -0.121. The maximum absolute atomic E-state index is 11.4. The summed E-state index contributed by atoms with van der Waals surface area (Å²) in [6, 6.07) is 0. The highest BCUT2D eigenvalue weighted by molar-refractivity contribution is 7.98. The molecule has 2 N–H and O–H groups in total. The van der Waals surface area contributed by atoms with Gasteiger partial charge in [0.25, 0.3) is 0 Å². The monoisotopic (exact) mass is 233 g/mol. The molecule has 90 valence electrons. The number of amides is 1. The zero-order chi connectivity index (χ0) is 11.7. The second kappa shape index (κ2) is 7.99. The molecule has 0 bridgehead atoms. The second-order valence-electron chi connectivity index (χ2n) is 4.51. The van der Waals surface area contributed by atoms with Crippen LogP contribution in [0.25, 0.3) is 0 Å². The van der Waals surface area contributed by atoms with Crippen molar-refractivity contribution in [3.05, 3.63) is 0 Å². The molecular weight excluding hydrogens is 210 g/mol. The molecule has 0 fully saturated rings. The summed E-state index contributed by atoms with van der Waals surface area (Å²) in [6.07, 6.45) is 4.31. The van der Waals surface area contributed by atoms with Crippen molar-refractivity contribution in [1.82, 2.24) is 5.32 Å². The average molecular weight is 233 g/mol. The van der Waals surface area contributed by atoms with Gasteiger partial charge >= 0.3 is 0 Å². The van der Waals surface area contributed by atoms with Gasteiger partial charge in [0.2, 0.25) is 5.91 Å². The number of hydrogen-bond donors (Lipinski definition) is 2. The third-order valence-electron chi connectivity index (χ3n) is 2.30. The first kappa shape index (κ1) is 14.8. The summed E-state index contributed by atoms with van der Waals surface area (Å²) in [5, 5.41) is 11.7. The van der Waals surface area contributed by atoms with Crippen LogP contribution >= 0.6 is 11.8 Å². The van der Waals surface area contributed by atoms with Crippen molar-refractivity contribution in [2.45, 2.75) is 33.1 Å². The molecule has 0 aromatic carbocycles. The van der Waals surface area contributed by atoms with E-state index in [0.717, 1.165) is 18.6 Å². The van der Waals surface area contributed by atoms with Crippen molar-refractivity contribution in [3.63, 3.8) is 0 Å². The molecule has 0 atom stereocenters. The fourth-order valence-electron chi connectivity index (χ4n) is 1.19. The van der Waals surface area contributed by atoms with Gasteiger partial charge in [-0.3, -0.25) is 4.79 Å². The lowest BCUT2D eigenvalue weighted by atomic mass is 9.90. The molecule has 0 heterocycles. The SMILES string of the molecule is CSCCCC(=O)NCC(C)(C)CCO. The predicted octanol–water partition coefficient (Wildman–Crippen LogP) is 1.65. The van der Waals surface area contributed by atoms with Crippen molar-refractivity contribution in [1.29, 1.82) is 0 Å². The fourth-order valence-corrected chi connectivity index (χ4v) is 1.63. The molecule has 4 heteroatoms. The van der Waals surface area contributed by atoms with Gasteiger partial charge in [-0.15, -0.1) is 0 Å². The van der Waals surface area contributed by atoms with Crippen LogP contribution in [-0.4, -0.2) is 36.2 Å². The molecule has 0 rings (SSSR count). The van der Waals surface area contributed by atoms with Crippen molar-refractivity contribution < 1.29 is 9.90 Å². The van der Waals surface area contributed by atoms with Crippen LogP contribution in [0.4, 0.5) is 0 Å². The summed E-state index contributed by atoms with van der Waals surface area (Å²) in [5.74, 6) is 1.16. The Morgan fingerprint density at radius 1 is 1.47 bits per heavy atom. The summed E-state index contributed by atoms with van der Waals surface area (Å²) in [6.45, 7) is 4.91. The first-order valence-electron chi connectivity index (χ1n) is 5.38. The third-order valence-corrected chi connectivity index (χ3v) is 3.00. The van der Waals surface area contributed by atoms with E-state index in [2.05, 4.69) is 5.32 Å². The summed E-state index contributed by atoms with van der Waals surface area (Å²) >= 11 is 1.76. The van der Waals surface area contributed by atoms with E-state index < -0.39 is 0 Å². The smallest absolute Gasteiger partial charge is 0.220 e. The normalized spacial score (nSPS) is 11.5. The number of rotatable bonds is 8. The van der Waals surface area contributed by atoms with Crippen LogP contribution in [0.15, 0.2) is 0 Å². The number of carbonyl (C=O) groups excluding carboxylic acids is 1. The lowest BCUT2D eigenvalue weighted by Gasteiger charge is -2.23. The first-order valence-corrected chi connectivity index (χ1v) is 6.78. The first-order chi connectivity index (χ1) is 7.02. The molecule has 3 nitrogen and oxygen atoms in total. The largest absolute Gasteiger partial charge is 0.396 e. The Labute approximate surface area is 97.0 Å². The molecule has 15 heavy (non-hydrogen) atoms. The third kappa shape index (κ3) is 8.75.